The molecule has 21 heavy (non-hydrogen) atoms. The highest BCUT2D eigenvalue weighted by Gasteiger charge is 2.31. The summed E-state index contributed by atoms with van der Waals surface area (Å²) in [4.78, 5) is 13.9. The van der Waals surface area contributed by atoms with E-state index in [9.17, 15) is 4.79 Å². The van der Waals surface area contributed by atoms with Gasteiger partial charge in [-0.2, -0.15) is 0 Å². The number of amides is 1. The van der Waals surface area contributed by atoms with E-state index in [1.807, 2.05) is 24.3 Å². The number of benzene rings is 1. The summed E-state index contributed by atoms with van der Waals surface area (Å²) < 4.78 is 11.4. The molecule has 1 unspecified atom stereocenters. The molecule has 3 rings (SSSR count). The lowest BCUT2D eigenvalue weighted by atomic mass is 10.1. The molecule has 2 aliphatic heterocycles. The summed E-state index contributed by atoms with van der Waals surface area (Å²) >= 11 is 0. The van der Waals surface area contributed by atoms with Crippen LogP contribution in [0.25, 0.3) is 0 Å². The second-order valence-corrected chi connectivity index (χ2v) is 5.47. The van der Waals surface area contributed by atoms with Crippen LogP contribution in [0, 0.1) is 18.3 Å². The molecule has 0 radical (unpaired) electrons. The summed E-state index contributed by atoms with van der Waals surface area (Å²) in [6.07, 6.45) is 7.79. The van der Waals surface area contributed by atoms with Crippen LogP contribution in [0.5, 0.6) is 5.75 Å². The Morgan fingerprint density at radius 2 is 2.05 bits per heavy atom. The third kappa shape index (κ3) is 3.03. The monoisotopic (exact) mass is 285 g/mol. The number of rotatable bonds is 3. The molecule has 1 aromatic rings. The van der Waals surface area contributed by atoms with Gasteiger partial charge in [-0.15, -0.1) is 12.3 Å². The Labute approximate surface area is 125 Å². The summed E-state index contributed by atoms with van der Waals surface area (Å²) in [5.41, 5.74) is 0.826. The molecule has 1 atom stereocenters. The van der Waals surface area contributed by atoms with Crippen molar-refractivity contribution >= 4 is 11.6 Å². The molecule has 1 aromatic carbocycles. The molecule has 2 saturated heterocycles. The van der Waals surface area contributed by atoms with Crippen molar-refractivity contribution in [3.05, 3.63) is 24.3 Å². The SMILES string of the molecule is C#CC1CC(=O)N(c2ccccc2OC2CCOCC2)C1. The van der Waals surface area contributed by atoms with Gasteiger partial charge in [0.25, 0.3) is 0 Å². The van der Waals surface area contributed by atoms with Crippen molar-refractivity contribution in [1.29, 1.82) is 0 Å². The van der Waals surface area contributed by atoms with Gasteiger partial charge in [-0.3, -0.25) is 4.79 Å². The van der Waals surface area contributed by atoms with Crippen molar-refractivity contribution in [3.8, 4) is 18.1 Å². The van der Waals surface area contributed by atoms with E-state index in [0.717, 1.165) is 37.5 Å². The predicted molar refractivity (Wildman–Crippen MR) is 80.2 cm³/mol. The number of para-hydroxylation sites is 2. The number of carbonyl (C=O) groups is 1. The largest absolute Gasteiger partial charge is 0.488 e. The fourth-order valence-electron chi connectivity index (χ4n) is 2.81. The normalized spacial score (nSPS) is 23.1. The Morgan fingerprint density at radius 3 is 2.76 bits per heavy atom. The standard InChI is InChI=1S/C17H19NO3/c1-2-13-11-17(19)18(12-13)15-5-3-4-6-16(15)21-14-7-9-20-10-8-14/h1,3-6,13-14H,7-12H2. The van der Waals surface area contributed by atoms with Gasteiger partial charge in [0, 0.05) is 31.7 Å². The molecule has 0 bridgehead atoms. The highest BCUT2D eigenvalue weighted by molar-refractivity contribution is 5.97. The second kappa shape index (κ2) is 6.19. The van der Waals surface area contributed by atoms with Crippen molar-refractivity contribution in [2.75, 3.05) is 24.7 Å². The molecule has 2 fully saturated rings. The van der Waals surface area contributed by atoms with Crippen LogP contribution in [-0.4, -0.2) is 31.8 Å². The minimum Gasteiger partial charge on any atom is -0.488 e. The molecule has 110 valence electrons. The molecule has 2 aliphatic rings. The van der Waals surface area contributed by atoms with Crippen LogP contribution < -0.4 is 9.64 Å². The Morgan fingerprint density at radius 1 is 1.29 bits per heavy atom. The molecular weight excluding hydrogens is 266 g/mol. The highest BCUT2D eigenvalue weighted by atomic mass is 16.5. The molecule has 4 heteroatoms. The van der Waals surface area contributed by atoms with E-state index in [-0.39, 0.29) is 17.9 Å². The van der Waals surface area contributed by atoms with Gasteiger partial charge in [0.2, 0.25) is 5.91 Å². The van der Waals surface area contributed by atoms with Crippen LogP contribution >= 0.6 is 0 Å². The van der Waals surface area contributed by atoms with E-state index >= 15 is 0 Å². The van der Waals surface area contributed by atoms with Crippen LogP contribution in [0.15, 0.2) is 24.3 Å². The van der Waals surface area contributed by atoms with Gasteiger partial charge in [0.15, 0.2) is 0 Å². The maximum absolute atomic E-state index is 12.1. The van der Waals surface area contributed by atoms with Crippen LogP contribution in [-0.2, 0) is 9.53 Å². The quantitative estimate of drug-likeness (QED) is 0.799. The van der Waals surface area contributed by atoms with Crippen molar-refractivity contribution < 1.29 is 14.3 Å². The predicted octanol–water partition coefficient (Wildman–Crippen LogP) is 2.23. The number of carbonyl (C=O) groups excluding carboxylic acids is 1. The van der Waals surface area contributed by atoms with Crippen molar-refractivity contribution in [3.63, 3.8) is 0 Å². The molecule has 0 N–H and O–H groups in total. The van der Waals surface area contributed by atoms with Gasteiger partial charge in [-0.25, -0.2) is 0 Å². The minimum absolute atomic E-state index is 0.00589. The third-order valence-electron chi connectivity index (χ3n) is 3.98. The van der Waals surface area contributed by atoms with E-state index in [1.165, 1.54) is 0 Å². The minimum atomic E-state index is -0.00589. The first-order valence-corrected chi connectivity index (χ1v) is 7.38. The maximum atomic E-state index is 12.1. The molecule has 1 amide bonds. The Bertz CT molecular complexity index is 557. The highest BCUT2D eigenvalue weighted by Crippen LogP contribution is 2.34. The number of terminal acetylenes is 1. The van der Waals surface area contributed by atoms with Gasteiger partial charge >= 0.3 is 0 Å². The van der Waals surface area contributed by atoms with E-state index in [1.54, 1.807) is 4.90 Å². The summed E-state index contributed by atoms with van der Waals surface area (Å²) in [5, 5.41) is 0. The van der Waals surface area contributed by atoms with E-state index in [0.29, 0.717) is 13.0 Å². The van der Waals surface area contributed by atoms with Gasteiger partial charge in [0.1, 0.15) is 11.9 Å². The molecule has 0 aromatic heterocycles. The molecule has 0 aliphatic carbocycles. The van der Waals surface area contributed by atoms with Crippen molar-refractivity contribution in [2.45, 2.75) is 25.4 Å². The Hall–Kier alpha value is -1.99. The first-order chi connectivity index (χ1) is 10.3. The van der Waals surface area contributed by atoms with Gasteiger partial charge in [-0.05, 0) is 12.1 Å². The van der Waals surface area contributed by atoms with Gasteiger partial charge in [0.05, 0.1) is 18.9 Å². The first-order valence-electron chi connectivity index (χ1n) is 7.38. The number of hydrogen-bond donors (Lipinski definition) is 0. The Balaban J connectivity index is 1.79. The topological polar surface area (TPSA) is 38.8 Å². The van der Waals surface area contributed by atoms with Gasteiger partial charge < -0.3 is 14.4 Å². The third-order valence-corrected chi connectivity index (χ3v) is 3.98. The zero-order chi connectivity index (χ0) is 14.7. The molecule has 2 heterocycles. The number of ether oxygens (including phenoxy) is 2. The zero-order valence-corrected chi connectivity index (χ0v) is 12.0. The van der Waals surface area contributed by atoms with Crippen LogP contribution in [0.2, 0.25) is 0 Å². The maximum Gasteiger partial charge on any atom is 0.228 e. The zero-order valence-electron chi connectivity index (χ0n) is 12.0. The average Bonchev–Trinajstić information content (AvgIpc) is 2.90. The summed E-state index contributed by atoms with van der Waals surface area (Å²) in [6, 6.07) is 7.69. The van der Waals surface area contributed by atoms with Crippen LogP contribution in [0.4, 0.5) is 5.69 Å². The Kier molecular flexibility index (Phi) is 4.12. The van der Waals surface area contributed by atoms with E-state index in [4.69, 9.17) is 15.9 Å². The van der Waals surface area contributed by atoms with Crippen LogP contribution in [0.3, 0.4) is 0 Å². The summed E-state index contributed by atoms with van der Waals surface area (Å²) in [6.45, 7) is 2.03. The second-order valence-electron chi connectivity index (χ2n) is 5.47. The van der Waals surface area contributed by atoms with Gasteiger partial charge in [-0.1, -0.05) is 12.1 Å². The van der Waals surface area contributed by atoms with E-state index in [2.05, 4.69) is 5.92 Å². The number of hydrogen-bond acceptors (Lipinski definition) is 3. The smallest absolute Gasteiger partial charge is 0.228 e. The lowest BCUT2D eigenvalue weighted by molar-refractivity contribution is -0.117. The lowest BCUT2D eigenvalue weighted by Crippen LogP contribution is -2.28. The summed E-state index contributed by atoms with van der Waals surface area (Å²) in [5.74, 6) is 3.50. The number of anilines is 1. The van der Waals surface area contributed by atoms with E-state index < -0.39 is 0 Å². The molecular formula is C17H19NO3. The number of nitrogens with zero attached hydrogens (tertiary/aromatic N) is 1. The van der Waals surface area contributed by atoms with Crippen molar-refractivity contribution in [1.82, 2.24) is 0 Å². The molecule has 0 spiro atoms. The lowest BCUT2D eigenvalue weighted by Gasteiger charge is -2.26. The summed E-state index contributed by atoms with van der Waals surface area (Å²) in [7, 11) is 0. The average molecular weight is 285 g/mol. The fourth-order valence-corrected chi connectivity index (χ4v) is 2.81. The molecule has 0 saturated carbocycles. The van der Waals surface area contributed by atoms with Crippen molar-refractivity contribution in [2.24, 2.45) is 5.92 Å². The first kappa shape index (κ1) is 14.0. The van der Waals surface area contributed by atoms with Crippen LogP contribution in [0.1, 0.15) is 19.3 Å². The fraction of sp³-hybridized carbons (Fsp3) is 0.471. The molecule has 4 nitrogen and oxygen atoms in total.